The van der Waals surface area contributed by atoms with Crippen LogP contribution in [0.1, 0.15) is 11.6 Å². The highest BCUT2D eigenvalue weighted by Gasteiger charge is 2.21. The predicted molar refractivity (Wildman–Crippen MR) is 66.2 cm³/mol. The highest BCUT2D eigenvalue weighted by atomic mass is 35.5. The smallest absolute Gasteiger partial charge is 0.123 e. The van der Waals surface area contributed by atoms with Crippen LogP contribution in [0.15, 0.2) is 18.2 Å². The minimum Gasteiger partial charge on any atom is -0.496 e. The van der Waals surface area contributed by atoms with Gasteiger partial charge in [-0.2, -0.15) is 0 Å². The third-order valence-electron chi connectivity index (χ3n) is 2.95. The minimum atomic E-state index is 0.299. The Morgan fingerprint density at radius 2 is 2.31 bits per heavy atom. The number of hydrogen-bond acceptors (Lipinski definition) is 3. The Morgan fingerprint density at radius 3 is 3.00 bits per heavy atom. The summed E-state index contributed by atoms with van der Waals surface area (Å²) in [5, 5.41) is 4.24. The first-order chi connectivity index (χ1) is 7.70. The molecule has 4 heteroatoms. The second-order valence-electron chi connectivity index (χ2n) is 4.16. The van der Waals surface area contributed by atoms with Crippen LogP contribution in [0, 0.1) is 0 Å². The number of likely N-dealkylation sites (N-methyl/N-ethyl adjacent to an activating group) is 1. The second kappa shape index (κ2) is 5.04. The summed E-state index contributed by atoms with van der Waals surface area (Å²) in [4.78, 5) is 2.31. The van der Waals surface area contributed by atoms with Gasteiger partial charge in [-0.3, -0.25) is 0 Å². The quantitative estimate of drug-likeness (QED) is 0.855. The van der Waals surface area contributed by atoms with Gasteiger partial charge in [0.2, 0.25) is 0 Å². The fourth-order valence-electron chi connectivity index (χ4n) is 2.08. The fourth-order valence-corrected chi connectivity index (χ4v) is 2.26. The number of nitrogens with zero attached hydrogens (tertiary/aromatic N) is 1. The molecule has 16 heavy (non-hydrogen) atoms. The van der Waals surface area contributed by atoms with Crippen molar-refractivity contribution in [1.82, 2.24) is 10.2 Å². The largest absolute Gasteiger partial charge is 0.496 e. The SMILES string of the molecule is COc1ccc(Cl)cc1C1CN(C)CCN1. The predicted octanol–water partition coefficient (Wildman–Crippen LogP) is 1.92. The van der Waals surface area contributed by atoms with Crippen LogP contribution in [0.3, 0.4) is 0 Å². The number of piperazine rings is 1. The molecule has 88 valence electrons. The van der Waals surface area contributed by atoms with E-state index in [0.717, 1.165) is 36.0 Å². The maximum Gasteiger partial charge on any atom is 0.123 e. The summed E-state index contributed by atoms with van der Waals surface area (Å²) < 4.78 is 5.37. The molecular formula is C12H17ClN2O. The van der Waals surface area contributed by atoms with Gasteiger partial charge in [-0.25, -0.2) is 0 Å². The summed E-state index contributed by atoms with van der Waals surface area (Å²) in [6.07, 6.45) is 0. The zero-order chi connectivity index (χ0) is 11.5. The maximum atomic E-state index is 6.03. The van der Waals surface area contributed by atoms with Crippen LogP contribution in [-0.2, 0) is 0 Å². The lowest BCUT2D eigenvalue weighted by Gasteiger charge is -2.31. The first-order valence-corrected chi connectivity index (χ1v) is 5.84. The van der Waals surface area contributed by atoms with Crippen LogP contribution in [0.5, 0.6) is 5.75 Å². The average Bonchev–Trinajstić information content (AvgIpc) is 2.29. The molecule has 1 atom stereocenters. The van der Waals surface area contributed by atoms with Gasteiger partial charge >= 0.3 is 0 Å². The van der Waals surface area contributed by atoms with Crippen molar-refractivity contribution in [3.05, 3.63) is 28.8 Å². The summed E-state index contributed by atoms with van der Waals surface area (Å²) >= 11 is 6.03. The zero-order valence-electron chi connectivity index (χ0n) is 9.66. The van der Waals surface area contributed by atoms with Gasteiger partial charge in [0, 0.05) is 36.3 Å². The van der Waals surface area contributed by atoms with Crippen molar-refractivity contribution in [2.24, 2.45) is 0 Å². The molecule has 1 unspecified atom stereocenters. The number of ether oxygens (including phenoxy) is 1. The molecule has 0 aliphatic carbocycles. The van der Waals surface area contributed by atoms with Crippen LogP contribution in [0.4, 0.5) is 0 Å². The van der Waals surface area contributed by atoms with Gasteiger partial charge in [0.25, 0.3) is 0 Å². The summed E-state index contributed by atoms with van der Waals surface area (Å²) in [6.45, 7) is 3.06. The van der Waals surface area contributed by atoms with E-state index in [9.17, 15) is 0 Å². The molecule has 1 aromatic rings. The van der Waals surface area contributed by atoms with E-state index in [1.807, 2.05) is 18.2 Å². The lowest BCUT2D eigenvalue weighted by molar-refractivity contribution is 0.237. The lowest BCUT2D eigenvalue weighted by Crippen LogP contribution is -2.43. The Kier molecular flexibility index (Phi) is 3.69. The van der Waals surface area contributed by atoms with E-state index in [4.69, 9.17) is 16.3 Å². The van der Waals surface area contributed by atoms with Gasteiger partial charge in [-0.05, 0) is 25.2 Å². The number of halogens is 1. The molecule has 1 heterocycles. The third-order valence-corrected chi connectivity index (χ3v) is 3.18. The normalized spacial score (nSPS) is 22.1. The molecule has 0 saturated carbocycles. The van der Waals surface area contributed by atoms with Crippen molar-refractivity contribution in [2.75, 3.05) is 33.8 Å². The molecule has 1 saturated heterocycles. The minimum absolute atomic E-state index is 0.299. The average molecular weight is 241 g/mol. The topological polar surface area (TPSA) is 24.5 Å². The molecule has 1 fully saturated rings. The molecule has 0 radical (unpaired) electrons. The Bertz CT molecular complexity index is 370. The summed E-state index contributed by atoms with van der Waals surface area (Å²) in [7, 11) is 3.82. The van der Waals surface area contributed by atoms with Gasteiger partial charge in [0.1, 0.15) is 5.75 Å². The zero-order valence-corrected chi connectivity index (χ0v) is 10.4. The van der Waals surface area contributed by atoms with Gasteiger partial charge in [-0.15, -0.1) is 0 Å². The summed E-state index contributed by atoms with van der Waals surface area (Å²) in [5.74, 6) is 0.900. The molecule has 0 spiro atoms. The maximum absolute atomic E-state index is 6.03. The lowest BCUT2D eigenvalue weighted by atomic mass is 10.0. The Hall–Kier alpha value is -0.770. The highest BCUT2D eigenvalue weighted by molar-refractivity contribution is 6.30. The van der Waals surface area contributed by atoms with Gasteiger partial charge in [-0.1, -0.05) is 11.6 Å². The van der Waals surface area contributed by atoms with E-state index >= 15 is 0 Å². The molecule has 1 aromatic carbocycles. The van der Waals surface area contributed by atoms with E-state index in [-0.39, 0.29) is 0 Å². The van der Waals surface area contributed by atoms with E-state index < -0.39 is 0 Å². The molecule has 0 bridgehead atoms. The van der Waals surface area contributed by atoms with E-state index in [2.05, 4.69) is 17.3 Å². The summed E-state index contributed by atoms with van der Waals surface area (Å²) in [6, 6.07) is 6.06. The summed E-state index contributed by atoms with van der Waals surface area (Å²) in [5.41, 5.74) is 1.14. The molecular weight excluding hydrogens is 224 g/mol. The van der Waals surface area contributed by atoms with Crippen molar-refractivity contribution < 1.29 is 4.74 Å². The van der Waals surface area contributed by atoms with Crippen LogP contribution in [0.25, 0.3) is 0 Å². The third kappa shape index (κ3) is 2.48. The Balaban J connectivity index is 2.26. The monoisotopic (exact) mass is 240 g/mol. The Morgan fingerprint density at radius 1 is 1.50 bits per heavy atom. The Labute approximate surface area is 101 Å². The molecule has 1 N–H and O–H groups in total. The van der Waals surface area contributed by atoms with Gasteiger partial charge in [0.15, 0.2) is 0 Å². The van der Waals surface area contributed by atoms with Gasteiger partial charge < -0.3 is 15.0 Å². The van der Waals surface area contributed by atoms with Crippen molar-refractivity contribution in [3.8, 4) is 5.75 Å². The van der Waals surface area contributed by atoms with Crippen LogP contribution in [-0.4, -0.2) is 38.7 Å². The van der Waals surface area contributed by atoms with Crippen LogP contribution in [0.2, 0.25) is 5.02 Å². The second-order valence-corrected chi connectivity index (χ2v) is 4.59. The van der Waals surface area contributed by atoms with Crippen molar-refractivity contribution in [2.45, 2.75) is 6.04 Å². The highest BCUT2D eigenvalue weighted by Crippen LogP contribution is 2.29. The van der Waals surface area contributed by atoms with E-state index in [1.54, 1.807) is 7.11 Å². The first kappa shape index (κ1) is 11.7. The van der Waals surface area contributed by atoms with Crippen LogP contribution >= 0.6 is 11.6 Å². The molecule has 1 aliphatic heterocycles. The molecule has 1 aliphatic rings. The number of hydrogen-bond donors (Lipinski definition) is 1. The van der Waals surface area contributed by atoms with Crippen molar-refractivity contribution in [3.63, 3.8) is 0 Å². The van der Waals surface area contributed by atoms with Crippen molar-refractivity contribution >= 4 is 11.6 Å². The van der Waals surface area contributed by atoms with E-state index in [0.29, 0.717) is 6.04 Å². The van der Waals surface area contributed by atoms with Gasteiger partial charge in [0.05, 0.1) is 7.11 Å². The van der Waals surface area contributed by atoms with E-state index in [1.165, 1.54) is 0 Å². The molecule has 2 rings (SSSR count). The number of methoxy groups -OCH3 is 1. The number of nitrogens with one attached hydrogen (secondary N) is 1. The molecule has 3 nitrogen and oxygen atoms in total. The standard InChI is InChI=1S/C12H17ClN2O/c1-15-6-5-14-11(8-15)10-7-9(13)3-4-12(10)16-2/h3-4,7,11,14H,5-6,8H2,1-2H3. The fraction of sp³-hybridized carbons (Fsp3) is 0.500. The molecule has 0 amide bonds. The van der Waals surface area contributed by atoms with Crippen molar-refractivity contribution in [1.29, 1.82) is 0 Å². The molecule has 0 aromatic heterocycles. The van der Waals surface area contributed by atoms with Crippen LogP contribution < -0.4 is 10.1 Å². The first-order valence-electron chi connectivity index (χ1n) is 5.46. The number of benzene rings is 1. The number of rotatable bonds is 2.